The molecule has 0 fully saturated rings. The van der Waals surface area contributed by atoms with Crippen molar-refractivity contribution in [2.45, 2.75) is 18.7 Å². The number of hydrogen-bond donors (Lipinski definition) is 0. The Morgan fingerprint density at radius 2 is 1.57 bits per heavy atom. The van der Waals surface area contributed by atoms with Gasteiger partial charge in [0.1, 0.15) is 0 Å². The molecule has 6 heteroatoms. The number of aryl methyl sites for hydroxylation is 2. The van der Waals surface area contributed by atoms with E-state index in [0.717, 1.165) is 15.4 Å². The summed E-state index contributed by atoms with van der Waals surface area (Å²) in [5.41, 5.74) is 2.31. The SMILES string of the molecule is COC(=O)c1cc(C)ccc1N(C)S(=O)(=O)c1ccc(C)cc1. The zero-order chi connectivity index (χ0) is 17.2. The minimum Gasteiger partial charge on any atom is -0.465 e. The number of methoxy groups -OCH3 is 1. The molecule has 0 aliphatic rings. The van der Waals surface area contributed by atoms with E-state index < -0.39 is 16.0 Å². The monoisotopic (exact) mass is 333 g/mol. The first-order chi connectivity index (χ1) is 10.8. The summed E-state index contributed by atoms with van der Waals surface area (Å²) in [5, 5.41) is 0. The van der Waals surface area contributed by atoms with Gasteiger partial charge in [0, 0.05) is 7.05 Å². The van der Waals surface area contributed by atoms with Gasteiger partial charge in [0.25, 0.3) is 10.0 Å². The number of ether oxygens (including phenoxy) is 1. The van der Waals surface area contributed by atoms with Gasteiger partial charge in [-0.15, -0.1) is 0 Å². The third-order valence-electron chi connectivity index (χ3n) is 3.58. The average Bonchev–Trinajstić information content (AvgIpc) is 2.53. The predicted molar refractivity (Wildman–Crippen MR) is 89.3 cm³/mol. The maximum Gasteiger partial charge on any atom is 0.340 e. The van der Waals surface area contributed by atoms with Crippen LogP contribution in [0.2, 0.25) is 0 Å². The van der Waals surface area contributed by atoms with Crippen LogP contribution < -0.4 is 4.31 Å². The molecule has 0 amide bonds. The molecule has 0 radical (unpaired) electrons. The van der Waals surface area contributed by atoms with E-state index in [1.54, 1.807) is 42.5 Å². The van der Waals surface area contributed by atoms with Crippen molar-refractivity contribution in [3.05, 3.63) is 59.2 Å². The highest BCUT2D eigenvalue weighted by Gasteiger charge is 2.25. The molecule has 5 nitrogen and oxygen atoms in total. The van der Waals surface area contributed by atoms with Crippen molar-refractivity contribution >= 4 is 21.7 Å². The lowest BCUT2D eigenvalue weighted by Crippen LogP contribution is -2.28. The molecule has 0 spiro atoms. The lowest BCUT2D eigenvalue weighted by Gasteiger charge is -2.22. The Bertz CT molecular complexity index is 826. The summed E-state index contributed by atoms with van der Waals surface area (Å²) in [6.45, 7) is 3.71. The Morgan fingerprint density at radius 3 is 2.13 bits per heavy atom. The van der Waals surface area contributed by atoms with Crippen LogP contribution in [0.1, 0.15) is 21.5 Å². The van der Waals surface area contributed by atoms with Crippen molar-refractivity contribution in [1.29, 1.82) is 0 Å². The summed E-state index contributed by atoms with van der Waals surface area (Å²) in [6.07, 6.45) is 0. The number of esters is 1. The van der Waals surface area contributed by atoms with E-state index in [0.29, 0.717) is 0 Å². The van der Waals surface area contributed by atoms with Crippen LogP contribution in [0, 0.1) is 13.8 Å². The van der Waals surface area contributed by atoms with Crippen LogP contribution in [-0.4, -0.2) is 28.5 Å². The molecule has 0 N–H and O–H groups in total. The summed E-state index contributed by atoms with van der Waals surface area (Å²) in [7, 11) is -1.07. The Kier molecular flexibility index (Phi) is 4.75. The quantitative estimate of drug-likeness (QED) is 0.807. The second-order valence-corrected chi connectivity index (χ2v) is 7.27. The van der Waals surface area contributed by atoms with E-state index in [2.05, 4.69) is 0 Å². The largest absolute Gasteiger partial charge is 0.465 e. The fourth-order valence-corrected chi connectivity index (χ4v) is 3.41. The number of nitrogens with zero attached hydrogens (tertiary/aromatic N) is 1. The first-order valence-corrected chi connectivity index (χ1v) is 8.46. The van der Waals surface area contributed by atoms with Crippen molar-refractivity contribution < 1.29 is 17.9 Å². The third kappa shape index (κ3) is 3.37. The molecule has 0 aliphatic carbocycles. The molecule has 0 atom stereocenters. The summed E-state index contributed by atoms with van der Waals surface area (Å²) in [5.74, 6) is -0.574. The Hall–Kier alpha value is -2.34. The number of hydrogen-bond acceptors (Lipinski definition) is 4. The highest BCUT2D eigenvalue weighted by Crippen LogP contribution is 2.27. The van der Waals surface area contributed by atoms with Gasteiger partial charge in [-0.25, -0.2) is 13.2 Å². The molecule has 2 aromatic rings. The van der Waals surface area contributed by atoms with Gasteiger partial charge in [-0.1, -0.05) is 29.3 Å². The van der Waals surface area contributed by atoms with Crippen LogP contribution >= 0.6 is 0 Å². The van der Waals surface area contributed by atoms with Gasteiger partial charge in [-0.05, 0) is 38.1 Å². The van der Waals surface area contributed by atoms with Crippen molar-refractivity contribution in [3.8, 4) is 0 Å². The first kappa shape index (κ1) is 17.0. The molecule has 2 aromatic carbocycles. The normalized spacial score (nSPS) is 11.1. The van der Waals surface area contributed by atoms with Crippen LogP contribution in [0.4, 0.5) is 5.69 Å². The van der Waals surface area contributed by atoms with E-state index in [1.165, 1.54) is 14.2 Å². The second-order valence-electron chi connectivity index (χ2n) is 5.30. The summed E-state index contributed by atoms with van der Waals surface area (Å²) in [4.78, 5) is 12.1. The van der Waals surface area contributed by atoms with Crippen LogP contribution in [0.5, 0.6) is 0 Å². The van der Waals surface area contributed by atoms with Crippen molar-refractivity contribution in [2.75, 3.05) is 18.5 Å². The van der Waals surface area contributed by atoms with Crippen LogP contribution in [0.15, 0.2) is 47.4 Å². The van der Waals surface area contributed by atoms with Gasteiger partial charge in [0.05, 0.1) is 23.3 Å². The molecule has 0 saturated heterocycles. The van der Waals surface area contributed by atoms with E-state index in [1.807, 2.05) is 13.8 Å². The van der Waals surface area contributed by atoms with Gasteiger partial charge in [-0.2, -0.15) is 0 Å². The fraction of sp³-hybridized carbons (Fsp3) is 0.235. The molecule has 0 unspecified atom stereocenters. The molecule has 0 aliphatic heterocycles. The Labute approximate surface area is 136 Å². The van der Waals surface area contributed by atoms with E-state index in [4.69, 9.17) is 4.74 Å². The second kappa shape index (κ2) is 6.42. The molecule has 23 heavy (non-hydrogen) atoms. The van der Waals surface area contributed by atoms with Crippen molar-refractivity contribution in [3.63, 3.8) is 0 Å². The number of benzene rings is 2. The molecule has 0 heterocycles. The average molecular weight is 333 g/mol. The summed E-state index contributed by atoms with van der Waals surface area (Å²) in [6, 6.07) is 11.5. The van der Waals surface area contributed by atoms with Gasteiger partial charge in [-0.3, -0.25) is 4.31 Å². The minimum atomic E-state index is -3.76. The molecular weight excluding hydrogens is 314 g/mol. The van der Waals surface area contributed by atoms with Crippen molar-refractivity contribution in [1.82, 2.24) is 0 Å². The van der Waals surface area contributed by atoms with Gasteiger partial charge in [0.15, 0.2) is 0 Å². The highest BCUT2D eigenvalue weighted by atomic mass is 32.2. The van der Waals surface area contributed by atoms with Gasteiger partial charge < -0.3 is 4.74 Å². The number of carbonyl (C=O) groups is 1. The van der Waals surface area contributed by atoms with Crippen LogP contribution in [0.3, 0.4) is 0 Å². The lowest BCUT2D eigenvalue weighted by molar-refractivity contribution is 0.0601. The summed E-state index contributed by atoms with van der Waals surface area (Å²) >= 11 is 0. The van der Waals surface area contributed by atoms with E-state index >= 15 is 0 Å². The van der Waals surface area contributed by atoms with Crippen LogP contribution in [-0.2, 0) is 14.8 Å². The zero-order valence-electron chi connectivity index (χ0n) is 13.5. The summed E-state index contributed by atoms with van der Waals surface area (Å²) < 4.78 is 31.4. The predicted octanol–water partition coefficient (Wildman–Crippen LogP) is 2.92. The fourth-order valence-electron chi connectivity index (χ4n) is 2.20. The third-order valence-corrected chi connectivity index (χ3v) is 5.36. The highest BCUT2D eigenvalue weighted by molar-refractivity contribution is 7.92. The standard InChI is InChI=1S/C17H19NO4S/c1-12-5-8-14(9-6-12)23(20,21)18(3)16-10-7-13(2)11-15(16)17(19)22-4/h5-11H,1-4H3. The Morgan fingerprint density at radius 1 is 1.00 bits per heavy atom. The number of rotatable bonds is 4. The van der Waals surface area contributed by atoms with E-state index in [-0.39, 0.29) is 16.1 Å². The maximum atomic E-state index is 12.8. The molecule has 2 rings (SSSR count). The van der Waals surface area contributed by atoms with Gasteiger partial charge in [0.2, 0.25) is 0 Å². The minimum absolute atomic E-state index is 0.169. The number of anilines is 1. The van der Waals surface area contributed by atoms with E-state index in [9.17, 15) is 13.2 Å². The smallest absolute Gasteiger partial charge is 0.340 e. The first-order valence-electron chi connectivity index (χ1n) is 7.02. The topological polar surface area (TPSA) is 63.7 Å². The molecule has 122 valence electrons. The van der Waals surface area contributed by atoms with Crippen molar-refractivity contribution in [2.24, 2.45) is 0 Å². The lowest BCUT2D eigenvalue weighted by atomic mass is 10.1. The van der Waals surface area contributed by atoms with Gasteiger partial charge >= 0.3 is 5.97 Å². The Balaban J connectivity index is 2.53. The molecule has 0 aromatic heterocycles. The molecule has 0 bridgehead atoms. The number of sulfonamides is 1. The molecule has 0 saturated carbocycles. The zero-order valence-corrected chi connectivity index (χ0v) is 14.3. The molecular formula is C17H19NO4S. The number of carbonyl (C=O) groups excluding carboxylic acids is 1. The maximum absolute atomic E-state index is 12.8. The van der Waals surface area contributed by atoms with Crippen LogP contribution in [0.25, 0.3) is 0 Å².